The SMILES string of the molecule is CC(C)(C)OC(=O)N1CCc2ccccc2C1c1csc(C(=O)c2cncnc2Cl)c1. The topological polar surface area (TPSA) is 72.4 Å². The van der Waals surface area contributed by atoms with Crippen LogP contribution in [0.25, 0.3) is 0 Å². The number of amides is 1. The molecular formula is C23H22ClN3O3S. The van der Waals surface area contributed by atoms with E-state index >= 15 is 0 Å². The van der Waals surface area contributed by atoms with E-state index in [2.05, 4.69) is 16.0 Å². The van der Waals surface area contributed by atoms with Gasteiger partial charge in [-0.3, -0.25) is 9.69 Å². The maximum Gasteiger partial charge on any atom is 0.411 e. The van der Waals surface area contributed by atoms with Gasteiger partial charge in [0, 0.05) is 12.7 Å². The van der Waals surface area contributed by atoms with E-state index in [1.165, 1.54) is 29.4 Å². The van der Waals surface area contributed by atoms with Gasteiger partial charge in [-0.15, -0.1) is 11.3 Å². The van der Waals surface area contributed by atoms with Crippen LogP contribution in [0, 0.1) is 0 Å². The largest absolute Gasteiger partial charge is 0.444 e. The number of rotatable bonds is 3. The molecule has 0 aliphatic carbocycles. The minimum absolute atomic E-state index is 0.119. The summed E-state index contributed by atoms with van der Waals surface area (Å²) < 4.78 is 5.67. The first kappa shape index (κ1) is 21.5. The van der Waals surface area contributed by atoms with E-state index in [0.717, 1.165) is 17.5 Å². The van der Waals surface area contributed by atoms with Crippen LogP contribution in [0.15, 0.2) is 48.2 Å². The molecule has 0 bridgehead atoms. The van der Waals surface area contributed by atoms with Crippen LogP contribution in [-0.2, 0) is 11.2 Å². The summed E-state index contributed by atoms with van der Waals surface area (Å²) in [6, 6.07) is 9.55. The highest BCUT2D eigenvalue weighted by Crippen LogP contribution is 2.38. The van der Waals surface area contributed by atoms with Gasteiger partial charge in [0.25, 0.3) is 0 Å². The summed E-state index contributed by atoms with van der Waals surface area (Å²) in [5.74, 6) is -0.241. The van der Waals surface area contributed by atoms with Crippen molar-refractivity contribution in [2.24, 2.45) is 0 Å². The molecule has 1 aliphatic heterocycles. The van der Waals surface area contributed by atoms with E-state index in [0.29, 0.717) is 11.4 Å². The van der Waals surface area contributed by atoms with Crippen LogP contribution in [0.4, 0.5) is 4.79 Å². The van der Waals surface area contributed by atoms with Crippen LogP contribution < -0.4 is 0 Å². The molecule has 2 aromatic heterocycles. The zero-order valence-corrected chi connectivity index (χ0v) is 19.0. The second kappa shape index (κ2) is 8.40. The molecule has 3 heterocycles. The number of hydrogen-bond donors (Lipinski definition) is 0. The zero-order valence-electron chi connectivity index (χ0n) is 17.5. The quantitative estimate of drug-likeness (QED) is 0.395. The third-order valence-corrected chi connectivity index (χ3v) is 6.23. The maximum absolute atomic E-state index is 13.0. The number of ether oxygens (including phenoxy) is 1. The molecule has 160 valence electrons. The van der Waals surface area contributed by atoms with Crippen molar-refractivity contribution >= 4 is 34.8 Å². The van der Waals surface area contributed by atoms with Crippen LogP contribution in [0.5, 0.6) is 0 Å². The molecule has 6 nitrogen and oxygen atoms in total. The minimum atomic E-state index is -0.599. The Morgan fingerprint density at radius 1 is 1.26 bits per heavy atom. The Morgan fingerprint density at radius 3 is 2.77 bits per heavy atom. The lowest BCUT2D eigenvalue weighted by molar-refractivity contribution is 0.0178. The van der Waals surface area contributed by atoms with Crippen molar-refractivity contribution in [2.75, 3.05) is 6.54 Å². The van der Waals surface area contributed by atoms with Gasteiger partial charge in [-0.25, -0.2) is 14.8 Å². The minimum Gasteiger partial charge on any atom is -0.444 e. The predicted molar refractivity (Wildman–Crippen MR) is 120 cm³/mol. The maximum atomic E-state index is 13.0. The van der Waals surface area contributed by atoms with Crippen LogP contribution >= 0.6 is 22.9 Å². The van der Waals surface area contributed by atoms with Gasteiger partial charge in [-0.05, 0) is 55.3 Å². The molecule has 3 aromatic rings. The molecule has 1 atom stereocenters. The predicted octanol–water partition coefficient (Wildman–Crippen LogP) is 5.31. The lowest BCUT2D eigenvalue weighted by Gasteiger charge is -2.38. The third kappa shape index (κ3) is 4.48. The van der Waals surface area contributed by atoms with Gasteiger partial charge >= 0.3 is 6.09 Å². The zero-order chi connectivity index (χ0) is 22.2. The highest BCUT2D eigenvalue weighted by molar-refractivity contribution is 7.12. The van der Waals surface area contributed by atoms with Crippen molar-refractivity contribution in [1.29, 1.82) is 0 Å². The van der Waals surface area contributed by atoms with E-state index < -0.39 is 5.60 Å². The number of aromatic nitrogens is 2. The third-order valence-electron chi connectivity index (χ3n) is 4.98. The fourth-order valence-electron chi connectivity index (χ4n) is 3.66. The molecule has 1 amide bonds. The Kier molecular flexibility index (Phi) is 5.81. The van der Waals surface area contributed by atoms with Crippen LogP contribution in [0.3, 0.4) is 0 Å². The summed E-state index contributed by atoms with van der Waals surface area (Å²) in [4.78, 5) is 36.0. The van der Waals surface area contributed by atoms with Crippen molar-refractivity contribution in [3.05, 3.63) is 80.5 Å². The molecule has 0 radical (unpaired) electrons. The smallest absolute Gasteiger partial charge is 0.411 e. The summed E-state index contributed by atoms with van der Waals surface area (Å²) >= 11 is 7.39. The van der Waals surface area contributed by atoms with Gasteiger partial charge in [0.1, 0.15) is 17.1 Å². The molecular weight excluding hydrogens is 434 g/mol. The van der Waals surface area contributed by atoms with Gasteiger partial charge in [0.2, 0.25) is 5.78 Å². The van der Waals surface area contributed by atoms with Gasteiger partial charge < -0.3 is 4.74 Å². The fraction of sp³-hybridized carbons (Fsp3) is 0.304. The summed E-state index contributed by atoms with van der Waals surface area (Å²) in [7, 11) is 0. The first-order chi connectivity index (χ1) is 14.7. The van der Waals surface area contributed by atoms with Gasteiger partial charge in [0.15, 0.2) is 0 Å². The van der Waals surface area contributed by atoms with Crippen LogP contribution in [0.1, 0.15) is 58.7 Å². The molecule has 1 aromatic carbocycles. The van der Waals surface area contributed by atoms with Gasteiger partial charge in [0.05, 0.1) is 16.5 Å². The van der Waals surface area contributed by atoms with E-state index in [-0.39, 0.29) is 28.6 Å². The van der Waals surface area contributed by atoms with Crippen LogP contribution in [0.2, 0.25) is 5.15 Å². The molecule has 0 fully saturated rings. The molecule has 8 heteroatoms. The normalized spacial score (nSPS) is 16.0. The lowest BCUT2D eigenvalue weighted by atomic mass is 9.89. The monoisotopic (exact) mass is 455 g/mol. The van der Waals surface area contributed by atoms with E-state index in [1.54, 1.807) is 4.90 Å². The highest BCUT2D eigenvalue weighted by Gasteiger charge is 2.35. The van der Waals surface area contributed by atoms with Crippen molar-refractivity contribution in [2.45, 2.75) is 38.8 Å². The second-order valence-corrected chi connectivity index (χ2v) is 9.59. The summed E-state index contributed by atoms with van der Waals surface area (Å²) in [6.07, 6.45) is 3.10. The number of thiophene rings is 1. The standard InChI is InChI=1S/C23H22ClN3O3S/c1-23(2,3)30-22(29)27-9-8-14-6-4-5-7-16(14)19(27)15-10-18(31-12-15)20(28)17-11-25-13-26-21(17)24/h4-7,10-13,19H,8-9H2,1-3H3. The Balaban J connectivity index is 1.72. The molecule has 31 heavy (non-hydrogen) atoms. The highest BCUT2D eigenvalue weighted by atomic mass is 35.5. The van der Waals surface area contributed by atoms with Crippen LogP contribution in [-0.4, -0.2) is 38.9 Å². The van der Waals surface area contributed by atoms with Crippen molar-refractivity contribution in [3.63, 3.8) is 0 Å². The molecule has 0 saturated heterocycles. The fourth-order valence-corrected chi connectivity index (χ4v) is 4.72. The van der Waals surface area contributed by atoms with E-state index in [4.69, 9.17) is 16.3 Å². The second-order valence-electron chi connectivity index (χ2n) is 8.33. The van der Waals surface area contributed by atoms with Crippen molar-refractivity contribution in [1.82, 2.24) is 14.9 Å². The number of nitrogens with zero attached hydrogens (tertiary/aromatic N) is 3. The number of halogens is 1. The lowest BCUT2D eigenvalue weighted by Crippen LogP contribution is -2.43. The summed E-state index contributed by atoms with van der Waals surface area (Å²) in [5, 5.41) is 2.03. The number of hydrogen-bond acceptors (Lipinski definition) is 6. The number of ketones is 1. The Bertz CT molecular complexity index is 1140. The van der Waals surface area contributed by atoms with Crippen molar-refractivity contribution < 1.29 is 14.3 Å². The Labute approximate surface area is 189 Å². The van der Waals surface area contributed by atoms with Gasteiger partial charge in [-0.2, -0.15) is 0 Å². The molecule has 0 N–H and O–H groups in total. The molecule has 4 rings (SSSR count). The molecule has 0 spiro atoms. The molecule has 0 saturated carbocycles. The number of benzene rings is 1. The molecule has 1 unspecified atom stereocenters. The number of fused-ring (bicyclic) bond motifs is 1. The molecule has 1 aliphatic rings. The first-order valence-electron chi connectivity index (χ1n) is 9.90. The summed E-state index contributed by atoms with van der Waals surface area (Å²) in [6.45, 7) is 6.09. The first-order valence-corrected chi connectivity index (χ1v) is 11.2. The number of carbonyl (C=O) groups excluding carboxylic acids is 2. The van der Waals surface area contributed by atoms with Gasteiger partial charge in [-0.1, -0.05) is 35.9 Å². The Morgan fingerprint density at radius 2 is 2.03 bits per heavy atom. The average Bonchev–Trinajstić information content (AvgIpc) is 3.21. The summed E-state index contributed by atoms with van der Waals surface area (Å²) in [5.41, 5.74) is 2.74. The average molecular weight is 456 g/mol. The van der Waals surface area contributed by atoms with Crippen molar-refractivity contribution in [3.8, 4) is 0 Å². The Hall–Kier alpha value is -2.77. The van der Waals surface area contributed by atoms with E-state index in [1.807, 2.05) is 50.4 Å². The van der Waals surface area contributed by atoms with E-state index in [9.17, 15) is 9.59 Å². The number of carbonyl (C=O) groups is 2.